The maximum Gasteiger partial charge on any atom is 0.263 e. The van der Waals surface area contributed by atoms with Gasteiger partial charge >= 0.3 is 0 Å². The zero-order valence-electron chi connectivity index (χ0n) is 21.6. The topological polar surface area (TPSA) is 120 Å². The van der Waals surface area contributed by atoms with Crippen LogP contribution in [0.3, 0.4) is 0 Å². The molecule has 2 N–H and O–H groups in total. The van der Waals surface area contributed by atoms with Crippen LogP contribution in [0.2, 0.25) is 0 Å². The molecular weight excluding hydrogens is 492 g/mol. The number of methoxy groups -OCH3 is 1. The summed E-state index contributed by atoms with van der Waals surface area (Å²) in [6.45, 7) is 8.31. The highest BCUT2D eigenvalue weighted by Gasteiger charge is 2.15. The van der Waals surface area contributed by atoms with Gasteiger partial charge in [-0.3, -0.25) is 9.52 Å². The fourth-order valence-electron chi connectivity index (χ4n) is 3.35. The molecule has 0 aliphatic carbocycles. The summed E-state index contributed by atoms with van der Waals surface area (Å²) >= 11 is 0. The van der Waals surface area contributed by atoms with Crippen molar-refractivity contribution in [1.82, 2.24) is 9.97 Å². The standard InChI is InChI=1S/C27H32N4O5S/c1-18(2)14-15-36-24-12-6-21(17-25(24)35-5)7-13-27(32)30-22-8-10-23(11-9-22)37(33,34)31-26-16-19(3)28-20(4)29-26/h6-13,16-18H,14-15H2,1-5H3,(H,30,32)(H,28,29,31)/b13-7+. The van der Waals surface area contributed by atoms with Gasteiger partial charge in [0.2, 0.25) is 5.91 Å². The van der Waals surface area contributed by atoms with Crippen LogP contribution in [0.4, 0.5) is 11.5 Å². The molecule has 0 atom stereocenters. The number of rotatable bonds is 11. The Balaban J connectivity index is 1.61. The molecule has 0 unspecified atom stereocenters. The Kier molecular flexibility index (Phi) is 9.24. The van der Waals surface area contributed by atoms with Crippen LogP contribution in [0.5, 0.6) is 11.5 Å². The summed E-state index contributed by atoms with van der Waals surface area (Å²) in [4.78, 5) is 20.7. The molecule has 1 heterocycles. The van der Waals surface area contributed by atoms with E-state index in [0.717, 1.165) is 12.0 Å². The maximum absolute atomic E-state index is 12.7. The Morgan fingerprint density at radius 3 is 2.41 bits per heavy atom. The number of ether oxygens (including phenoxy) is 2. The monoisotopic (exact) mass is 524 g/mol. The quantitative estimate of drug-likeness (QED) is 0.340. The van der Waals surface area contributed by atoms with E-state index in [1.165, 1.54) is 30.3 Å². The third kappa shape index (κ3) is 8.32. The van der Waals surface area contributed by atoms with Crippen LogP contribution in [-0.2, 0) is 14.8 Å². The summed E-state index contributed by atoms with van der Waals surface area (Å²) in [5.41, 5.74) is 1.88. The third-order valence-corrected chi connectivity index (χ3v) is 6.58. The lowest BCUT2D eigenvalue weighted by molar-refractivity contribution is -0.111. The van der Waals surface area contributed by atoms with E-state index in [1.807, 2.05) is 12.1 Å². The van der Waals surface area contributed by atoms with Gasteiger partial charge in [-0.1, -0.05) is 19.9 Å². The van der Waals surface area contributed by atoms with E-state index in [2.05, 4.69) is 33.9 Å². The van der Waals surface area contributed by atoms with Gasteiger partial charge in [0, 0.05) is 23.5 Å². The van der Waals surface area contributed by atoms with Gasteiger partial charge in [0.05, 0.1) is 18.6 Å². The fraction of sp³-hybridized carbons (Fsp3) is 0.296. The first-order valence-electron chi connectivity index (χ1n) is 11.8. The number of nitrogens with one attached hydrogen (secondary N) is 2. The summed E-state index contributed by atoms with van der Waals surface area (Å²) < 4.78 is 39.0. The minimum absolute atomic E-state index is 0.0396. The number of carbonyl (C=O) groups excluding carboxylic acids is 1. The van der Waals surface area contributed by atoms with Gasteiger partial charge < -0.3 is 14.8 Å². The molecule has 0 spiro atoms. The third-order valence-electron chi connectivity index (χ3n) is 5.20. The van der Waals surface area contributed by atoms with Crippen LogP contribution in [0, 0.1) is 19.8 Å². The summed E-state index contributed by atoms with van der Waals surface area (Å²) in [6, 6.07) is 12.8. The largest absolute Gasteiger partial charge is 0.493 e. The van der Waals surface area contributed by atoms with E-state index >= 15 is 0 Å². The molecule has 0 radical (unpaired) electrons. The molecule has 3 aromatic rings. The van der Waals surface area contributed by atoms with Crippen molar-refractivity contribution in [2.75, 3.05) is 23.8 Å². The second-order valence-corrected chi connectivity index (χ2v) is 10.5. The average molecular weight is 525 g/mol. The summed E-state index contributed by atoms with van der Waals surface area (Å²) in [6.07, 6.45) is 3.99. The second kappa shape index (κ2) is 12.4. The molecule has 1 aromatic heterocycles. The predicted molar refractivity (Wildman–Crippen MR) is 144 cm³/mol. The maximum atomic E-state index is 12.7. The molecule has 0 saturated carbocycles. The van der Waals surface area contributed by atoms with Crippen molar-refractivity contribution in [1.29, 1.82) is 0 Å². The van der Waals surface area contributed by atoms with E-state index in [0.29, 0.717) is 41.2 Å². The molecule has 1 amide bonds. The molecule has 0 fully saturated rings. The van der Waals surface area contributed by atoms with Gasteiger partial charge in [-0.2, -0.15) is 0 Å². The molecule has 37 heavy (non-hydrogen) atoms. The molecule has 9 nitrogen and oxygen atoms in total. The van der Waals surface area contributed by atoms with Crippen LogP contribution in [0.1, 0.15) is 37.4 Å². The second-order valence-electron chi connectivity index (χ2n) is 8.84. The van der Waals surface area contributed by atoms with Crippen LogP contribution in [-0.4, -0.2) is 38.0 Å². The molecule has 196 valence electrons. The molecule has 0 bridgehead atoms. The number of hydrogen-bond donors (Lipinski definition) is 2. The van der Waals surface area contributed by atoms with Crippen LogP contribution < -0.4 is 19.5 Å². The normalized spacial score (nSPS) is 11.5. The number of aryl methyl sites for hydroxylation is 2. The Labute approximate surface area is 218 Å². The van der Waals surface area contributed by atoms with Gasteiger partial charge in [0.15, 0.2) is 11.5 Å². The lowest BCUT2D eigenvalue weighted by Crippen LogP contribution is -2.15. The molecule has 2 aromatic carbocycles. The van der Waals surface area contributed by atoms with Gasteiger partial charge in [0.25, 0.3) is 10.0 Å². The minimum atomic E-state index is -3.85. The number of anilines is 2. The zero-order valence-corrected chi connectivity index (χ0v) is 22.4. The lowest BCUT2D eigenvalue weighted by atomic mass is 10.1. The smallest absolute Gasteiger partial charge is 0.263 e. The number of amides is 1. The Morgan fingerprint density at radius 2 is 1.76 bits per heavy atom. The van der Waals surface area contributed by atoms with Crippen molar-refractivity contribution in [3.8, 4) is 11.5 Å². The number of sulfonamides is 1. The van der Waals surface area contributed by atoms with Crippen LogP contribution in [0.15, 0.2) is 59.5 Å². The van der Waals surface area contributed by atoms with Gasteiger partial charge in [0.1, 0.15) is 11.6 Å². The highest BCUT2D eigenvalue weighted by atomic mass is 32.2. The first kappa shape index (κ1) is 27.7. The SMILES string of the molecule is COc1cc(/C=C/C(=O)Nc2ccc(S(=O)(=O)Nc3cc(C)nc(C)n3)cc2)ccc1OCCC(C)C. The predicted octanol–water partition coefficient (Wildman–Crippen LogP) is 4.98. The van der Waals surface area contributed by atoms with Crippen LogP contribution >= 0.6 is 0 Å². The summed E-state index contributed by atoms with van der Waals surface area (Å²) in [5, 5.41) is 2.72. The summed E-state index contributed by atoms with van der Waals surface area (Å²) in [5.74, 6) is 2.08. The van der Waals surface area contributed by atoms with Crippen molar-refractivity contribution in [2.45, 2.75) is 39.0 Å². The molecule has 3 rings (SSSR count). The van der Waals surface area contributed by atoms with Gasteiger partial charge in [-0.15, -0.1) is 0 Å². The Bertz CT molecular complexity index is 1350. The first-order chi connectivity index (χ1) is 17.6. The average Bonchev–Trinajstić information content (AvgIpc) is 2.82. The number of benzene rings is 2. The number of carbonyl (C=O) groups is 1. The minimum Gasteiger partial charge on any atom is -0.493 e. The van der Waals surface area contributed by atoms with Gasteiger partial charge in [-0.25, -0.2) is 18.4 Å². The zero-order chi connectivity index (χ0) is 27.0. The Hall–Kier alpha value is -3.92. The van der Waals surface area contributed by atoms with Crippen molar-refractivity contribution in [3.63, 3.8) is 0 Å². The van der Waals surface area contributed by atoms with E-state index in [1.54, 1.807) is 39.2 Å². The number of aromatic nitrogens is 2. The van der Waals surface area contributed by atoms with Crippen molar-refractivity contribution >= 4 is 33.5 Å². The lowest BCUT2D eigenvalue weighted by Gasteiger charge is -2.12. The van der Waals surface area contributed by atoms with E-state index in [-0.39, 0.29) is 16.6 Å². The number of nitrogens with zero attached hydrogens (tertiary/aromatic N) is 2. The van der Waals surface area contributed by atoms with Crippen molar-refractivity contribution in [3.05, 3.63) is 71.7 Å². The number of hydrogen-bond acceptors (Lipinski definition) is 7. The fourth-order valence-corrected chi connectivity index (χ4v) is 4.34. The molecule has 0 saturated heterocycles. The van der Waals surface area contributed by atoms with Crippen molar-refractivity contribution < 1.29 is 22.7 Å². The molecular formula is C27H32N4O5S. The Morgan fingerprint density at radius 1 is 1.03 bits per heavy atom. The first-order valence-corrected chi connectivity index (χ1v) is 13.3. The van der Waals surface area contributed by atoms with E-state index < -0.39 is 10.0 Å². The van der Waals surface area contributed by atoms with Gasteiger partial charge in [-0.05, 0) is 74.2 Å². The van der Waals surface area contributed by atoms with Crippen LogP contribution in [0.25, 0.3) is 6.08 Å². The van der Waals surface area contributed by atoms with E-state index in [4.69, 9.17) is 9.47 Å². The highest BCUT2D eigenvalue weighted by Crippen LogP contribution is 2.29. The molecule has 10 heteroatoms. The highest BCUT2D eigenvalue weighted by molar-refractivity contribution is 7.92. The summed E-state index contributed by atoms with van der Waals surface area (Å²) in [7, 11) is -2.28. The molecule has 0 aliphatic heterocycles. The molecule has 0 aliphatic rings. The van der Waals surface area contributed by atoms with E-state index in [9.17, 15) is 13.2 Å². The van der Waals surface area contributed by atoms with Crippen molar-refractivity contribution in [2.24, 2.45) is 5.92 Å².